The van der Waals surface area contributed by atoms with E-state index in [4.69, 9.17) is 15.4 Å². The maximum atomic E-state index is 5.73. The van der Waals surface area contributed by atoms with Gasteiger partial charge in [0.1, 0.15) is 5.76 Å². The molecule has 2 heterocycles. The number of nitrogens with zero attached hydrogens (tertiary/aromatic N) is 2. The summed E-state index contributed by atoms with van der Waals surface area (Å²) in [5, 5.41) is 4.70. The number of hydrazine groups is 1. The molecule has 116 valence electrons. The minimum absolute atomic E-state index is 0.0313. The van der Waals surface area contributed by atoms with Crippen molar-refractivity contribution in [1.29, 1.82) is 0 Å². The second kappa shape index (κ2) is 7.43. The monoisotopic (exact) mass is 290 g/mol. The van der Waals surface area contributed by atoms with E-state index >= 15 is 0 Å². The fourth-order valence-corrected chi connectivity index (χ4v) is 2.77. The molecule has 21 heavy (non-hydrogen) atoms. The number of furan rings is 1. The molecule has 3 N–H and O–H groups in total. The van der Waals surface area contributed by atoms with Gasteiger partial charge in [-0.25, -0.2) is 0 Å². The van der Waals surface area contributed by atoms with E-state index in [-0.39, 0.29) is 6.04 Å². The number of hydrogen-bond donors (Lipinski definition) is 2. The summed E-state index contributed by atoms with van der Waals surface area (Å²) in [6, 6.07) is 4.57. The van der Waals surface area contributed by atoms with Crippen LogP contribution in [0.2, 0.25) is 0 Å². The van der Waals surface area contributed by atoms with Gasteiger partial charge in [-0.1, -0.05) is 20.8 Å². The molecule has 0 aliphatic heterocycles. The molecule has 0 amide bonds. The highest BCUT2D eigenvalue weighted by Crippen LogP contribution is 2.23. The summed E-state index contributed by atoms with van der Waals surface area (Å²) in [6.07, 6.45) is 7.60. The van der Waals surface area contributed by atoms with E-state index in [0.29, 0.717) is 6.04 Å². The van der Waals surface area contributed by atoms with Gasteiger partial charge in [-0.2, -0.15) is 5.10 Å². The van der Waals surface area contributed by atoms with Crippen molar-refractivity contribution in [3.8, 4) is 0 Å². The van der Waals surface area contributed by atoms with Crippen LogP contribution in [0.5, 0.6) is 0 Å². The fraction of sp³-hybridized carbons (Fsp3) is 0.562. The third-order valence-electron chi connectivity index (χ3n) is 4.07. The predicted molar refractivity (Wildman–Crippen MR) is 83.7 cm³/mol. The lowest BCUT2D eigenvalue weighted by molar-refractivity contribution is 0.422. The van der Waals surface area contributed by atoms with Crippen molar-refractivity contribution in [1.82, 2.24) is 15.2 Å². The van der Waals surface area contributed by atoms with Crippen molar-refractivity contribution < 1.29 is 4.42 Å². The summed E-state index contributed by atoms with van der Waals surface area (Å²) in [6.45, 7) is 6.47. The minimum Gasteiger partial charge on any atom is -0.469 e. The Hall–Kier alpha value is -1.59. The second-order valence-electron chi connectivity index (χ2n) is 5.33. The van der Waals surface area contributed by atoms with Gasteiger partial charge in [0.05, 0.1) is 24.0 Å². The summed E-state index contributed by atoms with van der Waals surface area (Å²) in [7, 11) is 0. The zero-order valence-corrected chi connectivity index (χ0v) is 13.2. The summed E-state index contributed by atoms with van der Waals surface area (Å²) >= 11 is 0. The lowest BCUT2D eigenvalue weighted by Crippen LogP contribution is -2.30. The normalized spacial score (nSPS) is 13.0. The van der Waals surface area contributed by atoms with Crippen LogP contribution in [0.15, 0.2) is 29.0 Å². The Kier molecular flexibility index (Phi) is 5.59. The summed E-state index contributed by atoms with van der Waals surface area (Å²) in [4.78, 5) is 0. The molecule has 0 bridgehead atoms. The number of rotatable bonds is 8. The van der Waals surface area contributed by atoms with Crippen molar-refractivity contribution in [3.05, 3.63) is 41.6 Å². The highest BCUT2D eigenvalue weighted by atomic mass is 16.3. The van der Waals surface area contributed by atoms with Gasteiger partial charge in [-0.05, 0) is 25.0 Å². The quantitative estimate of drug-likeness (QED) is 0.579. The molecule has 2 rings (SSSR count). The molecule has 1 unspecified atom stereocenters. The first kappa shape index (κ1) is 15.8. The van der Waals surface area contributed by atoms with Crippen LogP contribution in [0, 0.1) is 0 Å². The Morgan fingerprint density at radius 2 is 2.05 bits per heavy atom. The molecule has 5 heteroatoms. The summed E-state index contributed by atoms with van der Waals surface area (Å²) in [5.74, 6) is 6.71. The molecule has 5 nitrogen and oxygen atoms in total. The van der Waals surface area contributed by atoms with E-state index < -0.39 is 0 Å². The van der Waals surface area contributed by atoms with Crippen LogP contribution >= 0.6 is 0 Å². The van der Waals surface area contributed by atoms with Gasteiger partial charge in [-0.3, -0.25) is 16.0 Å². The maximum absolute atomic E-state index is 5.73. The first-order valence-corrected chi connectivity index (χ1v) is 7.79. The summed E-state index contributed by atoms with van der Waals surface area (Å²) < 4.78 is 7.56. The van der Waals surface area contributed by atoms with Gasteiger partial charge < -0.3 is 4.42 Å². The lowest BCUT2D eigenvalue weighted by Gasteiger charge is -2.15. The molecule has 2 aromatic heterocycles. The van der Waals surface area contributed by atoms with E-state index in [2.05, 4.69) is 43.1 Å². The molecular weight excluding hydrogens is 264 g/mol. The lowest BCUT2D eigenvalue weighted by atomic mass is 10.0. The van der Waals surface area contributed by atoms with Crippen molar-refractivity contribution in [2.45, 2.75) is 58.5 Å². The van der Waals surface area contributed by atoms with E-state index in [0.717, 1.165) is 42.7 Å². The van der Waals surface area contributed by atoms with Gasteiger partial charge >= 0.3 is 0 Å². The standard InChI is InChI=1S/C16H26N4O/c1-4-13(5-2)20-9-7-12(19-20)11-15(18-17)14-8-10-21-16(14)6-3/h7-10,13,15,18H,4-6,11,17H2,1-3H3. The average molecular weight is 290 g/mol. The Bertz CT molecular complexity index is 542. The first-order valence-electron chi connectivity index (χ1n) is 7.79. The van der Waals surface area contributed by atoms with Gasteiger partial charge in [0.15, 0.2) is 0 Å². The van der Waals surface area contributed by atoms with Gasteiger partial charge in [0.2, 0.25) is 0 Å². The maximum Gasteiger partial charge on any atom is 0.108 e. The molecule has 0 saturated carbocycles. The van der Waals surface area contributed by atoms with Gasteiger partial charge in [-0.15, -0.1) is 0 Å². The van der Waals surface area contributed by atoms with Crippen LogP contribution in [0.25, 0.3) is 0 Å². The fourth-order valence-electron chi connectivity index (χ4n) is 2.77. The van der Waals surface area contributed by atoms with Crippen molar-refractivity contribution >= 4 is 0 Å². The minimum atomic E-state index is 0.0313. The summed E-state index contributed by atoms with van der Waals surface area (Å²) in [5.41, 5.74) is 5.06. The van der Waals surface area contributed by atoms with E-state index in [1.807, 2.05) is 6.07 Å². The number of aryl methyl sites for hydroxylation is 1. The van der Waals surface area contributed by atoms with E-state index in [1.54, 1.807) is 6.26 Å². The van der Waals surface area contributed by atoms with E-state index in [9.17, 15) is 0 Å². The smallest absolute Gasteiger partial charge is 0.108 e. The van der Waals surface area contributed by atoms with Crippen molar-refractivity contribution in [2.75, 3.05) is 0 Å². The van der Waals surface area contributed by atoms with E-state index in [1.165, 1.54) is 0 Å². The highest BCUT2D eigenvalue weighted by Gasteiger charge is 2.18. The number of nitrogens with one attached hydrogen (secondary N) is 1. The zero-order valence-electron chi connectivity index (χ0n) is 13.2. The van der Waals surface area contributed by atoms with Crippen LogP contribution in [0.4, 0.5) is 0 Å². The largest absolute Gasteiger partial charge is 0.469 e. The molecule has 0 saturated heterocycles. The Morgan fingerprint density at radius 1 is 1.29 bits per heavy atom. The third-order valence-corrected chi connectivity index (χ3v) is 4.07. The number of aromatic nitrogens is 2. The van der Waals surface area contributed by atoms with Crippen LogP contribution < -0.4 is 11.3 Å². The molecule has 1 atom stereocenters. The Labute approximate surface area is 126 Å². The number of nitrogens with two attached hydrogens (primary N) is 1. The SMILES string of the molecule is CCc1occc1C(Cc1ccn(C(CC)CC)n1)NN. The van der Waals surface area contributed by atoms with Crippen LogP contribution in [-0.2, 0) is 12.8 Å². The molecule has 2 aromatic rings. The molecule has 0 spiro atoms. The molecular formula is C16H26N4O. The molecule has 0 fully saturated rings. The third kappa shape index (κ3) is 3.54. The average Bonchev–Trinajstić information content (AvgIpc) is 3.15. The molecule has 0 aliphatic rings. The highest BCUT2D eigenvalue weighted by molar-refractivity contribution is 5.23. The molecule has 0 aliphatic carbocycles. The molecule has 0 radical (unpaired) electrons. The first-order chi connectivity index (χ1) is 10.2. The van der Waals surface area contributed by atoms with Crippen LogP contribution in [0.1, 0.15) is 62.7 Å². The molecule has 0 aromatic carbocycles. The van der Waals surface area contributed by atoms with Crippen LogP contribution in [0.3, 0.4) is 0 Å². The van der Waals surface area contributed by atoms with Gasteiger partial charge in [0.25, 0.3) is 0 Å². The van der Waals surface area contributed by atoms with Crippen molar-refractivity contribution in [2.24, 2.45) is 5.84 Å². The second-order valence-corrected chi connectivity index (χ2v) is 5.33. The van der Waals surface area contributed by atoms with Crippen LogP contribution in [-0.4, -0.2) is 9.78 Å². The van der Waals surface area contributed by atoms with Gasteiger partial charge in [0, 0.05) is 24.6 Å². The topological polar surface area (TPSA) is 69.0 Å². The predicted octanol–water partition coefficient (Wildman–Crippen LogP) is 3.15. The Morgan fingerprint density at radius 3 is 2.67 bits per heavy atom. The Balaban J connectivity index is 2.12. The van der Waals surface area contributed by atoms with Crippen molar-refractivity contribution in [3.63, 3.8) is 0 Å². The number of hydrogen-bond acceptors (Lipinski definition) is 4. The zero-order chi connectivity index (χ0) is 15.2.